The molecule has 3 aromatic heterocycles. The molecule has 5 aromatic rings. The van der Waals surface area contributed by atoms with Gasteiger partial charge in [-0.2, -0.15) is 4.98 Å². The topological polar surface area (TPSA) is 66.1 Å². The summed E-state index contributed by atoms with van der Waals surface area (Å²) in [5, 5.41) is 5.61. The molecule has 6 rings (SSSR count). The SMILES string of the molecule is c1ccc2sc(-c3nc(Nc4ccc(OCCN5CCCC5)cc4)nc4[nH]ccc34)cc2c1. The van der Waals surface area contributed by atoms with E-state index in [-0.39, 0.29) is 0 Å². The summed E-state index contributed by atoms with van der Waals surface area (Å²) < 4.78 is 7.18. The van der Waals surface area contributed by atoms with Gasteiger partial charge in [-0.05, 0) is 73.8 Å². The fourth-order valence-electron chi connectivity index (χ4n) is 4.35. The summed E-state index contributed by atoms with van der Waals surface area (Å²) in [6.45, 7) is 4.10. The van der Waals surface area contributed by atoms with Crippen LogP contribution in [0.3, 0.4) is 0 Å². The van der Waals surface area contributed by atoms with Crippen molar-refractivity contribution in [1.82, 2.24) is 19.9 Å². The van der Waals surface area contributed by atoms with Gasteiger partial charge in [0.15, 0.2) is 0 Å². The van der Waals surface area contributed by atoms with Gasteiger partial charge < -0.3 is 15.0 Å². The van der Waals surface area contributed by atoms with Crippen LogP contribution in [-0.2, 0) is 0 Å². The van der Waals surface area contributed by atoms with Crippen molar-refractivity contribution in [2.45, 2.75) is 12.8 Å². The van der Waals surface area contributed by atoms with Crippen molar-refractivity contribution >= 4 is 44.1 Å². The number of fused-ring (bicyclic) bond motifs is 2. The van der Waals surface area contributed by atoms with Crippen molar-refractivity contribution in [3.8, 4) is 16.3 Å². The molecule has 7 heteroatoms. The molecule has 0 saturated carbocycles. The molecule has 166 valence electrons. The molecule has 0 radical (unpaired) electrons. The van der Waals surface area contributed by atoms with Crippen LogP contribution in [0.2, 0.25) is 0 Å². The van der Waals surface area contributed by atoms with Gasteiger partial charge >= 0.3 is 0 Å². The number of nitrogens with zero attached hydrogens (tertiary/aromatic N) is 3. The maximum Gasteiger partial charge on any atom is 0.229 e. The van der Waals surface area contributed by atoms with Crippen molar-refractivity contribution in [1.29, 1.82) is 0 Å². The first-order valence-electron chi connectivity index (χ1n) is 11.4. The van der Waals surface area contributed by atoms with E-state index in [9.17, 15) is 0 Å². The summed E-state index contributed by atoms with van der Waals surface area (Å²) in [4.78, 5) is 16.4. The molecule has 2 aromatic carbocycles. The number of anilines is 2. The van der Waals surface area contributed by atoms with E-state index < -0.39 is 0 Å². The molecule has 0 bridgehead atoms. The first-order chi connectivity index (χ1) is 16.3. The number of aromatic amines is 1. The molecular formula is C26H25N5OS. The molecule has 1 aliphatic heterocycles. The molecule has 0 unspecified atom stereocenters. The molecule has 6 nitrogen and oxygen atoms in total. The number of aromatic nitrogens is 3. The average molecular weight is 456 g/mol. The summed E-state index contributed by atoms with van der Waals surface area (Å²) >= 11 is 1.75. The zero-order valence-corrected chi connectivity index (χ0v) is 19.1. The molecule has 0 aliphatic carbocycles. The fourth-order valence-corrected chi connectivity index (χ4v) is 5.41. The second-order valence-corrected chi connectivity index (χ2v) is 9.41. The first kappa shape index (κ1) is 20.2. The molecule has 1 saturated heterocycles. The lowest BCUT2D eigenvalue weighted by atomic mass is 10.2. The number of nitrogens with one attached hydrogen (secondary N) is 2. The number of ether oxygens (including phenoxy) is 1. The Balaban J connectivity index is 1.21. The highest BCUT2D eigenvalue weighted by molar-refractivity contribution is 7.22. The third-order valence-corrected chi connectivity index (χ3v) is 7.18. The van der Waals surface area contributed by atoms with E-state index in [4.69, 9.17) is 9.72 Å². The lowest BCUT2D eigenvalue weighted by molar-refractivity contribution is 0.238. The normalized spacial score (nSPS) is 14.3. The Kier molecular flexibility index (Phi) is 5.41. The van der Waals surface area contributed by atoms with Gasteiger partial charge in [0, 0.05) is 28.5 Å². The van der Waals surface area contributed by atoms with E-state index >= 15 is 0 Å². The summed E-state index contributed by atoms with van der Waals surface area (Å²) in [5.74, 6) is 1.45. The smallest absolute Gasteiger partial charge is 0.229 e. The summed E-state index contributed by atoms with van der Waals surface area (Å²) in [5.41, 5.74) is 2.68. The quantitative estimate of drug-likeness (QED) is 0.312. The second-order valence-electron chi connectivity index (χ2n) is 8.33. The van der Waals surface area contributed by atoms with E-state index in [0.717, 1.165) is 46.2 Å². The van der Waals surface area contributed by atoms with Crippen LogP contribution in [-0.4, -0.2) is 46.1 Å². The summed E-state index contributed by atoms with van der Waals surface area (Å²) in [6, 6.07) is 20.7. The number of rotatable bonds is 7. The minimum absolute atomic E-state index is 0.570. The van der Waals surface area contributed by atoms with Crippen molar-refractivity contribution in [3.05, 3.63) is 66.9 Å². The van der Waals surface area contributed by atoms with Crippen LogP contribution in [0.1, 0.15) is 12.8 Å². The molecule has 0 atom stereocenters. The number of benzene rings is 2. The van der Waals surface area contributed by atoms with Gasteiger partial charge in [0.2, 0.25) is 5.95 Å². The predicted molar refractivity (Wildman–Crippen MR) is 136 cm³/mol. The molecule has 1 fully saturated rings. The molecule has 33 heavy (non-hydrogen) atoms. The molecule has 1 aliphatic rings. The second kappa shape index (κ2) is 8.84. The third kappa shape index (κ3) is 4.29. The van der Waals surface area contributed by atoms with Crippen LogP contribution in [0.5, 0.6) is 5.75 Å². The lowest BCUT2D eigenvalue weighted by Crippen LogP contribution is -2.25. The lowest BCUT2D eigenvalue weighted by Gasteiger charge is -2.15. The molecule has 2 N–H and O–H groups in total. The monoisotopic (exact) mass is 455 g/mol. The van der Waals surface area contributed by atoms with Crippen LogP contribution in [0, 0.1) is 0 Å². The molecule has 0 amide bonds. The van der Waals surface area contributed by atoms with E-state index in [2.05, 4.69) is 50.5 Å². The van der Waals surface area contributed by atoms with Gasteiger partial charge in [0.25, 0.3) is 0 Å². The highest BCUT2D eigenvalue weighted by Gasteiger charge is 2.14. The Labute approximate surface area is 196 Å². The number of hydrogen-bond donors (Lipinski definition) is 2. The minimum atomic E-state index is 0.570. The van der Waals surface area contributed by atoms with Crippen LogP contribution < -0.4 is 10.1 Å². The number of H-pyrrole nitrogens is 1. The first-order valence-corrected chi connectivity index (χ1v) is 12.2. The van der Waals surface area contributed by atoms with Crippen LogP contribution >= 0.6 is 11.3 Å². The Hall–Kier alpha value is -3.42. The number of hydrogen-bond acceptors (Lipinski definition) is 6. The maximum atomic E-state index is 5.92. The van der Waals surface area contributed by atoms with Crippen molar-refractivity contribution in [3.63, 3.8) is 0 Å². The van der Waals surface area contributed by atoms with Crippen LogP contribution in [0.4, 0.5) is 11.6 Å². The highest BCUT2D eigenvalue weighted by Crippen LogP contribution is 2.36. The summed E-state index contributed by atoms with van der Waals surface area (Å²) in [7, 11) is 0. The highest BCUT2D eigenvalue weighted by atomic mass is 32.1. The minimum Gasteiger partial charge on any atom is -0.492 e. The average Bonchev–Trinajstić information content (AvgIpc) is 3.60. The Morgan fingerprint density at radius 1 is 1.00 bits per heavy atom. The van der Waals surface area contributed by atoms with Gasteiger partial charge in [-0.3, -0.25) is 4.90 Å². The molecular weight excluding hydrogens is 430 g/mol. The Bertz CT molecular complexity index is 1350. The predicted octanol–water partition coefficient (Wildman–Crippen LogP) is 6.06. The van der Waals surface area contributed by atoms with E-state index in [1.165, 1.54) is 36.0 Å². The van der Waals surface area contributed by atoms with E-state index in [1.54, 1.807) is 11.3 Å². The van der Waals surface area contributed by atoms with Crippen LogP contribution in [0.15, 0.2) is 66.9 Å². The largest absolute Gasteiger partial charge is 0.492 e. The number of thiophene rings is 1. The van der Waals surface area contributed by atoms with Crippen LogP contribution in [0.25, 0.3) is 31.7 Å². The standard InChI is InChI=1S/C26H25N5OS/c1-2-6-22-18(5-1)17-23(33-22)24-21-11-12-27-25(21)30-26(29-24)28-19-7-9-20(10-8-19)32-16-15-31-13-3-4-14-31/h1-2,5-12,17H,3-4,13-16H2,(H2,27,28,29,30). The van der Waals surface area contributed by atoms with E-state index in [1.807, 2.05) is 36.5 Å². The zero-order chi connectivity index (χ0) is 22.0. The van der Waals surface area contributed by atoms with Crippen molar-refractivity contribution in [2.75, 3.05) is 31.6 Å². The van der Waals surface area contributed by atoms with Gasteiger partial charge in [-0.15, -0.1) is 11.3 Å². The summed E-state index contributed by atoms with van der Waals surface area (Å²) in [6.07, 6.45) is 4.52. The molecule has 0 spiro atoms. The van der Waals surface area contributed by atoms with E-state index in [0.29, 0.717) is 5.95 Å². The van der Waals surface area contributed by atoms with Gasteiger partial charge in [-0.25, -0.2) is 4.98 Å². The van der Waals surface area contributed by atoms with Crippen molar-refractivity contribution in [2.24, 2.45) is 0 Å². The third-order valence-electron chi connectivity index (χ3n) is 6.06. The zero-order valence-electron chi connectivity index (χ0n) is 18.3. The maximum absolute atomic E-state index is 5.92. The van der Waals surface area contributed by atoms with Crippen molar-refractivity contribution < 1.29 is 4.74 Å². The molecule has 4 heterocycles. The Morgan fingerprint density at radius 3 is 2.70 bits per heavy atom. The van der Waals surface area contributed by atoms with Gasteiger partial charge in [-0.1, -0.05) is 18.2 Å². The number of likely N-dealkylation sites (tertiary alicyclic amines) is 1. The Morgan fingerprint density at radius 2 is 1.85 bits per heavy atom. The fraction of sp³-hybridized carbons (Fsp3) is 0.231. The van der Waals surface area contributed by atoms with Gasteiger partial charge in [0.1, 0.15) is 18.0 Å². The van der Waals surface area contributed by atoms with Gasteiger partial charge in [0.05, 0.1) is 10.6 Å².